The monoisotopic (exact) mass is 403 g/mol. The zero-order chi connectivity index (χ0) is 20.3. The van der Waals surface area contributed by atoms with Crippen molar-refractivity contribution in [1.82, 2.24) is 4.31 Å². The number of sulfonamides is 1. The molecule has 1 heterocycles. The molecule has 2 aromatic rings. The highest BCUT2D eigenvalue weighted by atomic mass is 32.2. The van der Waals surface area contributed by atoms with Crippen molar-refractivity contribution in [1.29, 1.82) is 0 Å². The molecule has 2 aromatic carbocycles. The van der Waals surface area contributed by atoms with Gasteiger partial charge >= 0.3 is 5.97 Å². The molecule has 0 spiro atoms. The molecule has 1 fully saturated rings. The third kappa shape index (κ3) is 4.30. The van der Waals surface area contributed by atoms with Gasteiger partial charge in [0.05, 0.1) is 11.0 Å². The van der Waals surface area contributed by atoms with Crippen molar-refractivity contribution in [2.24, 2.45) is 0 Å². The molecule has 7 nitrogen and oxygen atoms in total. The fourth-order valence-electron chi connectivity index (χ4n) is 3.05. The summed E-state index contributed by atoms with van der Waals surface area (Å²) in [5, 5.41) is 9.95. The number of benzene rings is 2. The smallest absolute Gasteiger partial charge is 0.325 e. The molecule has 148 valence electrons. The first kappa shape index (κ1) is 20.2. The van der Waals surface area contributed by atoms with E-state index in [9.17, 15) is 23.1 Å². The summed E-state index contributed by atoms with van der Waals surface area (Å²) >= 11 is 0. The van der Waals surface area contributed by atoms with Crippen molar-refractivity contribution < 1.29 is 27.9 Å². The van der Waals surface area contributed by atoms with Gasteiger partial charge in [-0.25, -0.2) is 8.42 Å². The van der Waals surface area contributed by atoms with Crippen molar-refractivity contribution in [3.8, 4) is 0 Å². The van der Waals surface area contributed by atoms with Gasteiger partial charge in [-0.2, -0.15) is 4.31 Å². The van der Waals surface area contributed by atoms with Crippen molar-refractivity contribution in [3.05, 3.63) is 65.7 Å². The molecule has 1 N–H and O–H groups in total. The number of nitrogens with zero attached hydrogens (tertiary/aromatic N) is 1. The van der Waals surface area contributed by atoms with E-state index in [0.29, 0.717) is 5.56 Å². The number of carbonyl (C=O) groups is 2. The number of esters is 1. The van der Waals surface area contributed by atoms with Gasteiger partial charge in [0.25, 0.3) is 0 Å². The fourth-order valence-corrected chi connectivity index (χ4v) is 4.68. The van der Waals surface area contributed by atoms with E-state index in [1.165, 1.54) is 12.1 Å². The molecule has 28 heavy (non-hydrogen) atoms. The van der Waals surface area contributed by atoms with E-state index in [1.54, 1.807) is 42.5 Å². The predicted molar refractivity (Wildman–Crippen MR) is 101 cm³/mol. The number of aliphatic hydroxyl groups is 1. The summed E-state index contributed by atoms with van der Waals surface area (Å²) in [5.41, 5.74) is 1.29. The summed E-state index contributed by atoms with van der Waals surface area (Å²) in [7, 11) is -3.99. The molecule has 0 aliphatic carbocycles. The Morgan fingerprint density at radius 3 is 2.39 bits per heavy atom. The maximum Gasteiger partial charge on any atom is 0.325 e. The van der Waals surface area contributed by atoms with Crippen LogP contribution in [0.2, 0.25) is 0 Å². The first-order chi connectivity index (χ1) is 13.3. The SMILES string of the molecule is Cc1ccc(S(=O)(=O)N2CC(O)C[C@@H]2C(=O)OCC(=O)c2ccccc2)cc1. The first-order valence-electron chi connectivity index (χ1n) is 8.80. The molecule has 1 aliphatic heterocycles. The maximum absolute atomic E-state index is 12.9. The molecule has 0 amide bonds. The lowest BCUT2D eigenvalue weighted by molar-refractivity contribution is -0.146. The highest BCUT2D eigenvalue weighted by Crippen LogP contribution is 2.27. The molecule has 0 aromatic heterocycles. The molecule has 1 saturated heterocycles. The van der Waals surface area contributed by atoms with Gasteiger partial charge in [-0.05, 0) is 19.1 Å². The number of ketones is 1. The van der Waals surface area contributed by atoms with Crippen LogP contribution in [0.4, 0.5) is 0 Å². The number of ether oxygens (including phenoxy) is 1. The number of Topliss-reactive ketones (excluding diaryl/α,β-unsaturated/α-hetero) is 1. The number of carbonyl (C=O) groups excluding carboxylic acids is 2. The van der Waals surface area contributed by atoms with E-state index in [0.717, 1.165) is 9.87 Å². The fraction of sp³-hybridized carbons (Fsp3) is 0.300. The van der Waals surface area contributed by atoms with E-state index in [4.69, 9.17) is 4.74 Å². The second kappa shape index (κ2) is 8.22. The normalized spacial score (nSPS) is 20.1. The lowest BCUT2D eigenvalue weighted by Gasteiger charge is -2.22. The minimum Gasteiger partial charge on any atom is -0.456 e. The number of hydrogen-bond acceptors (Lipinski definition) is 6. The first-order valence-corrected chi connectivity index (χ1v) is 10.2. The van der Waals surface area contributed by atoms with Crippen LogP contribution in [0.5, 0.6) is 0 Å². The molecular formula is C20H21NO6S. The molecule has 8 heteroatoms. The third-order valence-corrected chi connectivity index (χ3v) is 6.46. The average molecular weight is 403 g/mol. The summed E-state index contributed by atoms with van der Waals surface area (Å²) in [6, 6.07) is 13.4. The predicted octanol–water partition coefficient (Wildman–Crippen LogP) is 1.55. The molecule has 1 aliphatic rings. The van der Waals surface area contributed by atoms with Gasteiger partial charge in [0.1, 0.15) is 6.04 Å². The van der Waals surface area contributed by atoms with Crippen LogP contribution in [-0.2, 0) is 19.6 Å². The van der Waals surface area contributed by atoms with E-state index in [1.807, 2.05) is 6.92 Å². The van der Waals surface area contributed by atoms with Crippen LogP contribution in [0.15, 0.2) is 59.5 Å². The highest BCUT2D eigenvalue weighted by molar-refractivity contribution is 7.89. The Morgan fingerprint density at radius 1 is 1.11 bits per heavy atom. The van der Waals surface area contributed by atoms with Crippen molar-refractivity contribution >= 4 is 21.8 Å². The van der Waals surface area contributed by atoms with Crippen molar-refractivity contribution in [3.63, 3.8) is 0 Å². The Balaban J connectivity index is 1.73. The van der Waals surface area contributed by atoms with Crippen LogP contribution >= 0.6 is 0 Å². The van der Waals surface area contributed by atoms with Gasteiger partial charge in [-0.1, -0.05) is 48.0 Å². The average Bonchev–Trinajstić information content (AvgIpc) is 3.09. The van der Waals surface area contributed by atoms with Crippen molar-refractivity contribution in [2.75, 3.05) is 13.2 Å². The Morgan fingerprint density at radius 2 is 1.75 bits per heavy atom. The standard InChI is InChI=1S/C20H21NO6S/c1-14-7-9-17(10-8-14)28(25,26)21-12-16(22)11-18(21)20(24)27-13-19(23)15-5-3-2-4-6-15/h2-10,16,18,22H,11-13H2,1H3/t16?,18-/m1/s1. The minimum absolute atomic E-state index is 0.0327. The number of aliphatic hydroxyl groups excluding tert-OH is 1. The summed E-state index contributed by atoms with van der Waals surface area (Å²) in [4.78, 5) is 24.6. The summed E-state index contributed by atoms with van der Waals surface area (Å²) in [6.45, 7) is 1.14. The van der Waals surface area contributed by atoms with Gasteiger partial charge in [0.2, 0.25) is 10.0 Å². The van der Waals surface area contributed by atoms with Crippen LogP contribution in [0.25, 0.3) is 0 Å². The number of hydrogen-bond donors (Lipinski definition) is 1. The van der Waals surface area contributed by atoms with Crippen LogP contribution in [0.1, 0.15) is 22.3 Å². The second-order valence-electron chi connectivity index (χ2n) is 6.69. The van der Waals surface area contributed by atoms with E-state index in [2.05, 4.69) is 0 Å². The summed E-state index contributed by atoms with van der Waals surface area (Å²) < 4.78 is 31.8. The Kier molecular flexibility index (Phi) is 5.93. The highest BCUT2D eigenvalue weighted by Gasteiger charge is 2.44. The van der Waals surface area contributed by atoms with Crippen LogP contribution in [-0.4, -0.2) is 54.9 Å². The lowest BCUT2D eigenvalue weighted by Crippen LogP contribution is -2.41. The molecule has 0 bridgehead atoms. The van der Waals surface area contributed by atoms with Gasteiger partial charge in [-0.15, -0.1) is 0 Å². The van der Waals surface area contributed by atoms with Gasteiger partial charge in [0.15, 0.2) is 12.4 Å². The Hall–Kier alpha value is -2.55. The third-order valence-electron chi connectivity index (χ3n) is 4.57. The number of rotatable bonds is 6. The maximum atomic E-state index is 12.9. The molecular weight excluding hydrogens is 382 g/mol. The van der Waals surface area contributed by atoms with Gasteiger partial charge in [0, 0.05) is 18.5 Å². The largest absolute Gasteiger partial charge is 0.456 e. The quantitative estimate of drug-likeness (QED) is 0.580. The molecule has 1 unspecified atom stereocenters. The number of β-amino-alcohol motifs (C(OH)–C–C–N with tert-alkyl or cyclic N) is 1. The zero-order valence-electron chi connectivity index (χ0n) is 15.3. The second-order valence-corrected chi connectivity index (χ2v) is 8.58. The van der Waals surface area contributed by atoms with E-state index in [-0.39, 0.29) is 23.6 Å². The van der Waals surface area contributed by atoms with Gasteiger partial charge < -0.3 is 9.84 Å². The van der Waals surface area contributed by atoms with Gasteiger partial charge in [-0.3, -0.25) is 9.59 Å². The number of aryl methyl sites for hydroxylation is 1. The minimum atomic E-state index is -3.99. The lowest BCUT2D eigenvalue weighted by atomic mass is 10.1. The van der Waals surface area contributed by atoms with Crippen LogP contribution in [0.3, 0.4) is 0 Å². The zero-order valence-corrected chi connectivity index (χ0v) is 16.1. The Bertz CT molecular complexity index is 956. The van der Waals surface area contributed by atoms with Crippen LogP contribution in [0, 0.1) is 6.92 Å². The van der Waals surface area contributed by atoms with E-state index < -0.39 is 34.7 Å². The summed E-state index contributed by atoms with van der Waals surface area (Å²) in [5.74, 6) is -1.24. The Labute approximate surface area is 163 Å². The summed E-state index contributed by atoms with van der Waals surface area (Å²) in [6.07, 6.45) is -1.06. The van der Waals surface area contributed by atoms with E-state index >= 15 is 0 Å². The molecule has 0 saturated carbocycles. The van der Waals surface area contributed by atoms with Crippen molar-refractivity contribution in [2.45, 2.75) is 30.4 Å². The molecule has 2 atom stereocenters. The van der Waals surface area contributed by atoms with Crippen LogP contribution < -0.4 is 0 Å². The molecule has 0 radical (unpaired) electrons. The topological polar surface area (TPSA) is 101 Å². The molecule has 3 rings (SSSR count).